The number of ether oxygens (including phenoxy) is 1. The number of hydrogen-bond donors (Lipinski definition) is 0. The van der Waals surface area contributed by atoms with Crippen molar-refractivity contribution in [2.75, 3.05) is 0 Å². The summed E-state index contributed by atoms with van der Waals surface area (Å²) in [6.45, 7) is 0. The number of fused-ring (bicyclic) bond motifs is 1. The largest absolute Gasteiger partial charge is 0.423 e. The topological polar surface area (TPSA) is 26.3 Å². The van der Waals surface area contributed by atoms with E-state index in [2.05, 4.69) is 18.2 Å². The van der Waals surface area contributed by atoms with Crippen LogP contribution >= 0.6 is 0 Å². The van der Waals surface area contributed by atoms with E-state index in [0.717, 1.165) is 24.2 Å². The second kappa shape index (κ2) is 4.21. The first-order chi connectivity index (χ1) is 8.34. The quantitative estimate of drug-likeness (QED) is 0.540. The number of rotatable bonds is 1. The Balaban J connectivity index is 1.95. The van der Waals surface area contributed by atoms with Crippen LogP contribution < -0.4 is 0 Å². The Morgan fingerprint density at radius 3 is 2.82 bits per heavy atom. The minimum absolute atomic E-state index is 0.230. The van der Waals surface area contributed by atoms with Crippen molar-refractivity contribution in [3.63, 3.8) is 0 Å². The van der Waals surface area contributed by atoms with Crippen LogP contribution in [0.15, 0.2) is 42.5 Å². The molecule has 0 N–H and O–H groups in total. The van der Waals surface area contributed by atoms with Crippen LogP contribution in [0, 0.1) is 5.92 Å². The van der Waals surface area contributed by atoms with E-state index in [1.54, 1.807) is 0 Å². The molecule has 0 saturated carbocycles. The number of cyclic esters (lactones) is 1. The minimum atomic E-state index is -0.230. The molecule has 2 heteroatoms. The summed E-state index contributed by atoms with van der Waals surface area (Å²) in [6.07, 6.45) is 9.98. The molecule has 1 unspecified atom stereocenters. The molecule has 1 aliphatic heterocycles. The zero-order valence-corrected chi connectivity index (χ0v) is 9.56. The van der Waals surface area contributed by atoms with Gasteiger partial charge in [-0.2, -0.15) is 0 Å². The summed E-state index contributed by atoms with van der Waals surface area (Å²) in [5, 5.41) is 0. The van der Waals surface area contributed by atoms with Gasteiger partial charge in [0.15, 0.2) is 0 Å². The molecule has 1 aromatic carbocycles. The summed E-state index contributed by atoms with van der Waals surface area (Å²) in [6, 6.07) is 7.56. The first kappa shape index (κ1) is 10.3. The maximum Gasteiger partial charge on any atom is 0.344 e. The van der Waals surface area contributed by atoms with Crippen molar-refractivity contribution in [3.8, 4) is 0 Å². The molecule has 17 heavy (non-hydrogen) atoms. The summed E-state index contributed by atoms with van der Waals surface area (Å²) in [5.41, 5.74) is 1.61. The van der Waals surface area contributed by atoms with E-state index >= 15 is 0 Å². The summed E-state index contributed by atoms with van der Waals surface area (Å²) >= 11 is 0. The van der Waals surface area contributed by atoms with E-state index in [1.165, 1.54) is 6.42 Å². The molecule has 2 aliphatic rings. The number of carbonyl (C=O) groups is 1. The number of carbonyl (C=O) groups excluding carboxylic acids is 1. The molecule has 1 aliphatic carbocycles. The van der Waals surface area contributed by atoms with Crippen LogP contribution in [-0.2, 0) is 4.74 Å². The molecular weight excluding hydrogens is 212 g/mol. The van der Waals surface area contributed by atoms with Gasteiger partial charge in [0.1, 0.15) is 5.76 Å². The summed E-state index contributed by atoms with van der Waals surface area (Å²) in [5.74, 6) is 0.895. The van der Waals surface area contributed by atoms with Crippen molar-refractivity contribution in [2.45, 2.75) is 19.3 Å². The molecule has 2 nitrogen and oxygen atoms in total. The minimum Gasteiger partial charge on any atom is -0.423 e. The Kier molecular flexibility index (Phi) is 2.56. The first-order valence-corrected chi connectivity index (χ1v) is 6.04. The van der Waals surface area contributed by atoms with Gasteiger partial charge in [0.05, 0.1) is 5.56 Å². The Bertz CT molecular complexity index is 511. The van der Waals surface area contributed by atoms with Gasteiger partial charge in [-0.3, -0.25) is 0 Å². The number of esters is 1. The van der Waals surface area contributed by atoms with Gasteiger partial charge >= 0.3 is 5.97 Å². The van der Waals surface area contributed by atoms with E-state index in [4.69, 9.17) is 4.74 Å². The van der Waals surface area contributed by atoms with E-state index in [-0.39, 0.29) is 5.97 Å². The average Bonchev–Trinajstić information content (AvgIpc) is 2.69. The highest BCUT2D eigenvalue weighted by Crippen LogP contribution is 2.32. The Morgan fingerprint density at radius 2 is 2.06 bits per heavy atom. The zero-order valence-electron chi connectivity index (χ0n) is 9.56. The molecule has 86 valence electrons. The third-order valence-electron chi connectivity index (χ3n) is 3.27. The van der Waals surface area contributed by atoms with Gasteiger partial charge in [0.25, 0.3) is 0 Å². The molecule has 0 saturated heterocycles. The van der Waals surface area contributed by atoms with Crippen LogP contribution in [0.1, 0.15) is 35.2 Å². The SMILES string of the molecule is O=C1OC(=CC2C=CCCC2)c2ccccc21. The van der Waals surface area contributed by atoms with E-state index in [9.17, 15) is 4.79 Å². The van der Waals surface area contributed by atoms with Crippen LogP contribution in [0.2, 0.25) is 0 Å². The second-order valence-electron chi connectivity index (χ2n) is 4.49. The lowest BCUT2D eigenvalue weighted by atomic mass is 9.94. The van der Waals surface area contributed by atoms with Crippen LogP contribution in [0.3, 0.4) is 0 Å². The lowest BCUT2D eigenvalue weighted by molar-refractivity contribution is 0.0715. The summed E-state index contributed by atoms with van der Waals surface area (Å²) < 4.78 is 5.32. The van der Waals surface area contributed by atoms with Gasteiger partial charge in [0.2, 0.25) is 0 Å². The second-order valence-corrected chi connectivity index (χ2v) is 4.49. The van der Waals surface area contributed by atoms with Crippen LogP contribution in [0.25, 0.3) is 5.76 Å². The Labute approximate surface area is 101 Å². The predicted molar refractivity (Wildman–Crippen MR) is 66.3 cm³/mol. The predicted octanol–water partition coefficient (Wildman–Crippen LogP) is 3.55. The normalized spacial score (nSPS) is 24.8. The number of allylic oxidation sites excluding steroid dienone is 3. The molecule has 0 radical (unpaired) electrons. The lowest BCUT2D eigenvalue weighted by Crippen LogP contribution is -1.98. The van der Waals surface area contributed by atoms with Crippen LogP contribution in [0.4, 0.5) is 0 Å². The van der Waals surface area contributed by atoms with Crippen molar-refractivity contribution in [1.82, 2.24) is 0 Å². The standard InChI is InChI=1S/C15H14O2/c16-15-13-9-5-4-8-12(13)14(17-15)10-11-6-2-1-3-7-11/h2,4-6,8-11H,1,3,7H2. The average molecular weight is 226 g/mol. The van der Waals surface area contributed by atoms with E-state index in [0.29, 0.717) is 11.5 Å². The lowest BCUT2D eigenvalue weighted by Gasteiger charge is -2.12. The summed E-state index contributed by atoms with van der Waals surface area (Å²) in [7, 11) is 0. The third-order valence-corrected chi connectivity index (χ3v) is 3.27. The van der Waals surface area contributed by atoms with Gasteiger partial charge in [-0.15, -0.1) is 0 Å². The molecule has 0 spiro atoms. The van der Waals surface area contributed by atoms with E-state index < -0.39 is 0 Å². The first-order valence-electron chi connectivity index (χ1n) is 6.04. The molecule has 0 fully saturated rings. The van der Waals surface area contributed by atoms with E-state index in [1.807, 2.05) is 24.3 Å². The fourth-order valence-electron chi connectivity index (χ4n) is 2.38. The molecular formula is C15H14O2. The highest BCUT2D eigenvalue weighted by Gasteiger charge is 2.26. The molecule has 1 atom stereocenters. The van der Waals surface area contributed by atoms with Gasteiger partial charge in [0, 0.05) is 5.56 Å². The molecule has 0 bridgehead atoms. The van der Waals surface area contributed by atoms with Gasteiger partial charge in [-0.05, 0) is 37.3 Å². The third kappa shape index (κ3) is 1.91. The number of benzene rings is 1. The smallest absolute Gasteiger partial charge is 0.344 e. The summed E-state index contributed by atoms with van der Waals surface area (Å²) in [4.78, 5) is 11.6. The zero-order chi connectivity index (χ0) is 11.7. The van der Waals surface area contributed by atoms with Crippen molar-refractivity contribution in [2.24, 2.45) is 5.92 Å². The van der Waals surface area contributed by atoms with Crippen molar-refractivity contribution in [3.05, 3.63) is 53.6 Å². The Hall–Kier alpha value is -1.83. The van der Waals surface area contributed by atoms with Crippen molar-refractivity contribution in [1.29, 1.82) is 0 Å². The van der Waals surface area contributed by atoms with Crippen LogP contribution in [0.5, 0.6) is 0 Å². The fourth-order valence-corrected chi connectivity index (χ4v) is 2.38. The van der Waals surface area contributed by atoms with Gasteiger partial charge in [-0.25, -0.2) is 4.79 Å². The number of hydrogen-bond acceptors (Lipinski definition) is 2. The monoisotopic (exact) mass is 226 g/mol. The molecule has 0 aromatic heterocycles. The molecule has 1 heterocycles. The molecule has 3 rings (SSSR count). The van der Waals surface area contributed by atoms with Gasteiger partial charge < -0.3 is 4.74 Å². The fraction of sp³-hybridized carbons (Fsp3) is 0.267. The Morgan fingerprint density at radius 1 is 1.24 bits per heavy atom. The van der Waals surface area contributed by atoms with Crippen molar-refractivity contribution >= 4 is 11.7 Å². The maximum absolute atomic E-state index is 11.6. The van der Waals surface area contributed by atoms with Gasteiger partial charge in [-0.1, -0.05) is 30.4 Å². The highest BCUT2D eigenvalue weighted by molar-refractivity contribution is 6.02. The molecule has 0 amide bonds. The van der Waals surface area contributed by atoms with Crippen molar-refractivity contribution < 1.29 is 9.53 Å². The highest BCUT2D eigenvalue weighted by atomic mass is 16.5. The molecule has 1 aromatic rings. The maximum atomic E-state index is 11.6. The van der Waals surface area contributed by atoms with Crippen LogP contribution in [-0.4, -0.2) is 5.97 Å².